The van der Waals surface area contributed by atoms with Gasteiger partial charge in [-0.2, -0.15) is 0 Å². The van der Waals surface area contributed by atoms with Gasteiger partial charge in [0.15, 0.2) is 0 Å². The molecule has 52 heavy (non-hydrogen) atoms. The molecule has 0 spiro atoms. The highest BCUT2D eigenvalue weighted by atomic mass is 19.1. The highest BCUT2D eigenvalue weighted by Gasteiger charge is 2.44. The van der Waals surface area contributed by atoms with E-state index in [4.69, 9.17) is 15.1 Å². The topological polar surface area (TPSA) is 161 Å². The van der Waals surface area contributed by atoms with E-state index in [2.05, 4.69) is 20.9 Å². The molecule has 3 aromatic rings. The first kappa shape index (κ1) is 36.7. The average molecular weight is 715 g/mol. The standard InChI is InChI=1S/C38H47FN8O5/c1-24(2)52-31-20-33-42-30(22-47(33)21-29(31)36(50)43-32(40)9-15-41-3)27-10-16-45(17-11-27)23-35(49)46-18-12-26(13-19-46)25-4-6-28(7-5-25)38(39)14-8-34(48)44-37(38)51/h4-7,9,15,20-22,24,26-27,41H,8,10-14,16-19,23H2,1-3H3,(H2,40,43,50)(H,44,48,51)/b15-9-. The molecule has 4 amide bonds. The molecular weight excluding hydrogens is 667 g/mol. The van der Waals surface area contributed by atoms with Gasteiger partial charge in [0, 0.05) is 57.4 Å². The molecule has 1 unspecified atom stereocenters. The zero-order valence-corrected chi connectivity index (χ0v) is 29.9. The number of nitrogens with one attached hydrogen (secondary N) is 4. The maximum Gasteiger partial charge on any atom is 0.268 e. The maximum absolute atomic E-state index is 15.4. The summed E-state index contributed by atoms with van der Waals surface area (Å²) in [5.74, 6) is -0.877. The van der Waals surface area contributed by atoms with Crippen molar-refractivity contribution < 1.29 is 28.3 Å². The van der Waals surface area contributed by atoms with Crippen LogP contribution in [-0.2, 0) is 20.1 Å². The lowest BCUT2D eigenvalue weighted by atomic mass is 9.84. The number of pyridine rings is 1. The molecule has 1 aromatic carbocycles. The monoisotopic (exact) mass is 714 g/mol. The summed E-state index contributed by atoms with van der Waals surface area (Å²) in [6.07, 6.45) is 9.63. The van der Waals surface area contributed by atoms with Crippen molar-refractivity contribution in [2.75, 3.05) is 39.8 Å². The summed E-state index contributed by atoms with van der Waals surface area (Å²) in [5.41, 5.74) is 1.03. The molecule has 0 aliphatic carbocycles. The second kappa shape index (κ2) is 15.6. The van der Waals surface area contributed by atoms with Gasteiger partial charge in [0.05, 0.1) is 23.9 Å². The third kappa shape index (κ3) is 8.17. The van der Waals surface area contributed by atoms with Gasteiger partial charge in [-0.15, -0.1) is 0 Å². The number of likely N-dealkylation sites (tertiary alicyclic amines) is 2. The zero-order chi connectivity index (χ0) is 37.0. The summed E-state index contributed by atoms with van der Waals surface area (Å²) in [6, 6.07) is 8.78. The van der Waals surface area contributed by atoms with E-state index in [0.29, 0.717) is 36.6 Å². The molecule has 3 saturated heterocycles. The summed E-state index contributed by atoms with van der Waals surface area (Å²) < 4.78 is 23.2. The maximum atomic E-state index is 15.4. The number of imide groups is 1. The largest absolute Gasteiger partial charge is 0.490 e. The first-order valence-electron chi connectivity index (χ1n) is 18.0. The highest BCUT2D eigenvalue weighted by Crippen LogP contribution is 2.36. The van der Waals surface area contributed by atoms with Crippen LogP contribution in [0.2, 0.25) is 0 Å². The fourth-order valence-electron chi connectivity index (χ4n) is 7.27. The molecule has 0 bridgehead atoms. The Kier molecular flexibility index (Phi) is 11.0. The van der Waals surface area contributed by atoms with Gasteiger partial charge in [-0.3, -0.25) is 34.8 Å². The van der Waals surface area contributed by atoms with Crippen LogP contribution in [0.25, 0.3) is 5.65 Å². The first-order valence-corrected chi connectivity index (χ1v) is 18.0. The first-order chi connectivity index (χ1) is 24.9. The van der Waals surface area contributed by atoms with E-state index in [1.807, 2.05) is 41.5 Å². The normalized spacial score (nSPS) is 20.8. The second-order valence-corrected chi connectivity index (χ2v) is 14.1. The number of carbonyl (C=O) groups excluding carboxylic acids is 4. The number of alkyl halides is 1. The molecule has 3 aliphatic heterocycles. The Balaban J connectivity index is 1.00. The van der Waals surface area contributed by atoms with Crippen LogP contribution < -0.4 is 20.7 Å². The number of hydrogen-bond donors (Lipinski definition) is 4. The van der Waals surface area contributed by atoms with Crippen molar-refractivity contribution in [3.8, 4) is 5.75 Å². The molecule has 14 heteroatoms. The third-order valence-corrected chi connectivity index (χ3v) is 10.2. The number of hydrogen-bond acceptors (Lipinski definition) is 9. The lowest BCUT2D eigenvalue weighted by molar-refractivity contribution is -0.144. The summed E-state index contributed by atoms with van der Waals surface area (Å²) in [5, 5.41) is 15.5. The van der Waals surface area contributed by atoms with E-state index in [9.17, 15) is 19.2 Å². The Hall–Kier alpha value is -5.11. The molecule has 1 atom stereocenters. The van der Waals surface area contributed by atoms with Gasteiger partial charge in [-0.25, -0.2) is 9.37 Å². The number of benzene rings is 1. The van der Waals surface area contributed by atoms with E-state index >= 15 is 4.39 Å². The van der Waals surface area contributed by atoms with E-state index in [-0.39, 0.29) is 48.1 Å². The van der Waals surface area contributed by atoms with Crippen molar-refractivity contribution in [2.24, 2.45) is 0 Å². The van der Waals surface area contributed by atoms with Gasteiger partial charge in [0.1, 0.15) is 17.2 Å². The van der Waals surface area contributed by atoms with Crippen molar-refractivity contribution in [2.45, 2.75) is 76.0 Å². The Morgan fingerprint density at radius 2 is 1.77 bits per heavy atom. The molecule has 4 N–H and O–H groups in total. The summed E-state index contributed by atoms with van der Waals surface area (Å²) in [4.78, 5) is 59.1. The predicted octanol–water partition coefficient (Wildman–Crippen LogP) is 3.75. The Labute approximate surface area is 302 Å². The van der Waals surface area contributed by atoms with Crippen LogP contribution in [0.1, 0.15) is 91.4 Å². The fraction of sp³-hybridized carbons (Fsp3) is 0.474. The minimum Gasteiger partial charge on any atom is -0.490 e. The van der Waals surface area contributed by atoms with Crippen LogP contribution in [0, 0.1) is 5.41 Å². The van der Waals surface area contributed by atoms with Gasteiger partial charge in [-0.1, -0.05) is 24.3 Å². The number of amides is 4. The lowest BCUT2D eigenvalue weighted by Gasteiger charge is -2.36. The minimum absolute atomic E-state index is 0.0277. The summed E-state index contributed by atoms with van der Waals surface area (Å²) >= 11 is 0. The Morgan fingerprint density at radius 1 is 1.08 bits per heavy atom. The molecule has 0 saturated carbocycles. The molecule has 13 nitrogen and oxygen atoms in total. The minimum atomic E-state index is -2.20. The molecule has 3 aliphatic rings. The van der Waals surface area contributed by atoms with Crippen LogP contribution in [0.15, 0.2) is 55.0 Å². The van der Waals surface area contributed by atoms with Crippen molar-refractivity contribution in [1.29, 1.82) is 5.41 Å². The van der Waals surface area contributed by atoms with Gasteiger partial charge in [-0.05, 0) is 81.9 Å². The Bertz CT molecular complexity index is 1860. The number of halogens is 1. The van der Waals surface area contributed by atoms with E-state index in [0.717, 1.165) is 50.0 Å². The molecule has 6 rings (SSSR count). The third-order valence-electron chi connectivity index (χ3n) is 10.2. The fourth-order valence-corrected chi connectivity index (χ4v) is 7.27. The Morgan fingerprint density at radius 3 is 2.42 bits per heavy atom. The van der Waals surface area contributed by atoms with Crippen molar-refractivity contribution in [1.82, 2.24) is 35.1 Å². The van der Waals surface area contributed by atoms with Crippen molar-refractivity contribution in [3.63, 3.8) is 0 Å². The number of nitrogens with zero attached hydrogens (tertiary/aromatic N) is 4. The van der Waals surface area contributed by atoms with Crippen LogP contribution in [0.5, 0.6) is 5.75 Å². The average Bonchev–Trinajstić information content (AvgIpc) is 3.55. The highest BCUT2D eigenvalue weighted by molar-refractivity contribution is 6.10. The van der Waals surface area contributed by atoms with E-state index in [1.165, 1.54) is 6.08 Å². The number of amidine groups is 1. The lowest BCUT2D eigenvalue weighted by Crippen LogP contribution is -2.49. The number of piperidine rings is 3. The smallest absolute Gasteiger partial charge is 0.268 e. The predicted molar refractivity (Wildman–Crippen MR) is 193 cm³/mol. The van der Waals surface area contributed by atoms with Gasteiger partial charge in [0.2, 0.25) is 17.5 Å². The molecule has 3 fully saturated rings. The van der Waals surface area contributed by atoms with Crippen molar-refractivity contribution in [3.05, 3.63) is 77.4 Å². The summed E-state index contributed by atoms with van der Waals surface area (Å²) in [7, 11) is 1.71. The number of aromatic nitrogens is 2. The number of imidazole rings is 1. The second-order valence-electron chi connectivity index (χ2n) is 14.1. The summed E-state index contributed by atoms with van der Waals surface area (Å²) in [6.45, 7) is 6.98. The van der Waals surface area contributed by atoms with Gasteiger partial charge < -0.3 is 24.7 Å². The molecule has 2 aromatic heterocycles. The van der Waals surface area contributed by atoms with Crippen LogP contribution in [0.4, 0.5) is 4.39 Å². The molecular formula is C38H47FN8O5. The molecule has 0 radical (unpaired) electrons. The van der Waals surface area contributed by atoms with Gasteiger partial charge in [0.25, 0.3) is 11.8 Å². The SMILES string of the molecule is CN/C=C\C(=N)NC(=O)c1cn2cc(C3CCN(CC(=O)N4CCC(c5ccc(C6(F)CCC(=O)NC6=O)cc5)CC4)CC3)nc2cc1OC(C)C. The zero-order valence-electron chi connectivity index (χ0n) is 29.9. The van der Waals surface area contributed by atoms with Gasteiger partial charge >= 0.3 is 0 Å². The van der Waals surface area contributed by atoms with Crippen molar-refractivity contribution >= 4 is 35.1 Å². The van der Waals surface area contributed by atoms with Crippen LogP contribution in [-0.4, -0.2) is 94.5 Å². The van der Waals surface area contributed by atoms with Crippen LogP contribution in [0.3, 0.4) is 0 Å². The van der Waals surface area contributed by atoms with E-state index < -0.39 is 23.4 Å². The quantitative estimate of drug-likeness (QED) is 0.140. The number of ether oxygens (including phenoxy) is 1. The number of fused-ring (bicyclic) bond motifs is 1. The number of rotatable bonds is 10. The van der Waals surface area contributed by atoms with E-state index in [1.54, 1.807) is 37.6 Å². The molecule has 276 valence electrons. The number of carbonyl (C=O) groups is 4. The van der Waals surface area contributed by atoms with Crippen LogP contribution >= 0.6 is 0 Å². The molecule has 5 heterocycles.